The Morgan fingerprint density at radius 2 is 1.76 bits per heavy atom. The van der Waals surface area contributed by atoms with Gasteiger partial charge in [0.05, 0.1) is 11.6 Å². The molecule has 1 aromatic carbocycles. The smallest absolute Gasteiger partial charge is 0.335 e. The number of carboxylic acids is 1. The van der Waals surface area contributed by atoms with E-state index in [0.717, 1.165) is 5.56 Å². The minimum Gasteiger partial charge on any atom is -0.478 e. The van der Waals surface area contributed by atoms with Crippen molar-refractivity contribution < 1.29 is 14.7 Å². The first-order valence-corrected chi connectivity index (χ1v) is 7.44. The minimum absolute atomic E-state index is 0.0162. The normalized spacial score (nSPS) is 11.4. The Hall–Kier alpha value is -1.84. The summed E-state index contributed by atoms with van der Waals surface area (Å²) in [7, 11) is 0. The molecular formula is C17H27NO3. The van der Waals surface area contributed by atoms with Crippen LogP contribution in [-0.4, -0.2) is 17.0 Å². The summed E-state index contributed by atoms with van der Waals surface area (Å²) >= 11 is 0. The van der Waals surface area contributed by atoms with Crippen LogP contribution in [0.3, 0.4) is 0 Å². The second-order valence-electron chi connectivity index (χ2n) is 5.27. The molecule has 118 valence electrons. The Bertz CT molecular complexity index is 481. The van der Waals surface area contributed by atoms with Gasteiger partial charge in [0, 0.05) is 6.42 Å². The number of carbonyl (C=O) groups is 2. The molecule has 4 nitrogen and oxygen atoms in total. The van der Waals surface area contributed by atoms with Crippen molar-refractivity contribution in [2.24, 2.45) is 5.92 Å². The van der Waals surface area contributed by atoms with E-state index in [0.29, 0.717) is 23.5 Å². The molecule has 1 atom stereocenters. The lowest BCUT2D eigenvalue weighted by Crippen LogP contribution is -2.27. The van der Waals surface area contributed by atoms with Gasteiger partial charge in [-0.25, -0.2) is 4.79 Å². The molecule has 1 rings (SSSR count). The summed E-state index contributed by atoms with van der Waals surface area (Å²) < 4.78 is 0. The first-order chi connectivity index (χ1) is 9.81. The molecule has 0 bridgehead atoms. The van der Waals surface area contributed by atoms with Crippen LogP contribution in [0.15, 0.2) is 18.2 Å². The van der Waals surface area contributed by atoms with Gasteiger partial charge in [-0.1, -0.05) is 39.8 Å². The second kappa shape index (κ2) is 9.16. The Balaban J connectivity index is 0.00000191. The first kappa shape index (κ1) is 19.2. The fraction of sp³-hybridized carbons (Fsp3) is 0.529. The van der Waals surface area contributed by atoms with Gasteiger partial charge in [0.25, 0.3) is 0 Å². The number of rotatable bonds is 5. The fourth-order valence-corrected chi connectivity index (χ4v) is 1.95. The van der Waals surface area contributed by atoms with E-state index in [-0.39, 0.29) is 11.9 Å². The summed E-state index contributed by atoms with van der Waals surface area (Å²) in [6, 6.07) is 5.02. The van der Waals surface area contributed by atoms with Crippen LogP contribution < -0.4 is 5.32 Å². The molecule has 1 unspecified atom stereocenters. The van der Waals surface area contributed by atoms with Gasteiger partial charge in [0.2, 0.25) is 5.91 Å². The quantitative estimate of drug-likeness (QED) is 0.864. The van der Waals surface area contributed by atoms with E-state index >= 15 is 0 Å². The highest BCUT2D eigenvalue weighted by Gasteiger charge is 2.13. The SMILES string of the molecule is CC.Cc1cc(C(C)NC(=O)CC(C)C)ccc1C(=O)O. The summed E-state index contributed by atoms with van der Waals surface area (Å²) in [5, 5.41) is 11.9. The maximum Gasteiger partial charge on any atom is 0.335 e. The van der Waals surface area contributed by atoms with E-state index in [9.17, 15) is 9.59 Å². The van der Waals surface area contributed by atoms with Crippen molar-refractivity contribution in [3.63, 3.8) is 0 Å². The van der Waals surface area contributed by atoms with Gasteiger partial charge in [0.15, 0.2) is 0 Å². The predicted molar refractivity (Wildman–Crippen MR) is 85.5 cm³/mol. The number of amides is 1. The third kappa shape index (κ3) is 6.43. The van der Waals surface area contributed by atoms with Crippen molar-refractivity contribution in [2.75, 3.05) is 0 Å². The van der Waals surface area contributed by atoms with Gasteiger partial charge < -0.3 is 10.4 Å². The van der Waals surface area contributed by atoms with E-state index in [4.69, 9.17) is 5.11 Å². The molecule has 21 heavy (non-hydrogen) atoms. The molecule has 0 radical (unpaired) electrons. The average Bonchev–Trinajstić information content (AvgIpc) is 2.39. The highest BCUT2D eigenvalue weighted by Crippen LogP contribution is 2.17. The second-order valence-corrected chi connectivity index (χ2v) is 5.27. The average molecular weight is 293 g/mol. The molecule has 0 aliphatic carbocycles. The van der Waals surface area contributed by atoms with Crippen LogP contribution in [0.5, 0.6) is 0 Å². The molecule has 0 aromatic heterocycles. The number of carboxylic acid groups (broad SMARTS) is 1. The van der Waals surface area contributed by atoms with Crippen molar-refractivity contribution in [2.45, 2.75) is 54.0 Å². The van der Waals surface area contributed by atoms with Crippen LogP contribution in [0, 0.1) is 12.8 Å². The van der Waals surface area contributed by atoms with Crippen molar-refractivity contribution >= 4 is 11.9 Å². The monoisotopic (exact) mass is 293 g/mol. The molecule has 0 aliphatic heterocycles. The standard InChI is InChI=1S/C15H21NO3.C2H6/c1-9(2)7-14(17)16-11(4)12-5-6-13(15(18)19)10(3)8-12;1-2/h5-6,8-9,11H,7H2,1-4H3,(H,16,17)(H,18,19);1-2H3. The fourth-order valence-electron chi connectivity index (χ4n) is 1.95. The van der Waals surface area contributed by atoms with Crippen molar-refractivity contribution in [3.8, 4) is 0 Å². The number of nitrogens with one attached hydrogen (secondary N) is 1. The number of carbonyl (C=O) groups excluding carboxylic acids is 1. The molecule has 2 N–H and O–H groups in total. The highest BCUT2D eigenvalue weighted by atomic mass is 16.4. The van der Waals surface area contributed by atoms with Crippen LogP contribution in [0.25, 0.3) is 0 Å². The minimum atomic E-state index is -0.930. The molecule has 1 amide bonds. The lowest BCUT2D eigenvalue weighted by Gasteiger charge is -2.16. The summed E-state index contributed by atoms with van der Waals surface area (Å²) in [4.78, 5) is 22.6. The summed E-state index contributed by atoms with van der Waals surface area (Å²) in [5.41, 5.74) is 1.92. The van der Waals surface area contributed by atoms with Gasteiger partial charge in [0.1, 0.15) is 0 Å². The van der Waals surface area contributed by atoms with Crippen molar-refractivity contribution in [1.29, 1.82) is 0 Å². The van der Waals surface area contributed by atoms with Crippen LogP contribution in [0.4, 0.5) is 0 Å². The van der Waals surface area contributed by atoms with Crippen molar-refractivity contribution in [1.82, 2.24) is 5.32 Å². The summed E-state index contributed by atoms with van der Waals surface area (Å²) in [6.45, 7) is 11.6. The highest BCUT2D eigenvalue weighted by molar-refractivity contribution is 5.89. The van der Waals surface area contributed by atoms with Gasteiger partial charge >= 0.3 is 5.97 Å². The van der Waals surface area contributed by atoms with E-state index in [1.807, 2.05) is 40.7 Å². The van der Waals surface area contributed by atoms with Gasteiger partial charge in [-0.3, -0.25) is 4.79 Å². The zero-order chi connectivity index (χ0) is 16.6. The number of benzene rings is 1. The Kier molecular flexibility index (Phi) is 8.36. The van der Waals surface area contributed by atoms with E-state index < -0.39 is 5.97 Å². The maximum absolute atomic E-state index is 11.7. The van der Waals surface area contributed by atoms with E-state index in [2.05, 4.69) is 5.32 Å². The Labute approximate surface area is 127 Å². The van der Waals surface area contributed by atoms with Gasteiger partial charge in [-0.15, -0.1) is 0 Å². The molecule has 1 aromatic rings. The molecule has 0 heterocycles. The van der Waals surface area contributed by atoms with Crippen LogP contribution in [0.1, 0.15) is 68.6 Å². The number of hydrogen-bond donors (Lipinski definition) is 2. The zero-order valence-corrected chi connectivity index (χ0v) is 13.9. The maximum atomic E-state index is 11.7. The summed E-state index contributed by atoms with van der Waals surface area (Å²) in [6.07, 6.45) is 0.497. The van der Waals surface area contributed by atoms with Gasteiger partial charge in [-0.05, 0) is 37.0 Å². The van der Waals surface area contributed by atoms with E-state index in [1.165, 1.54) is 0 Å². The molecular weight excluding hydrogens is 266 g/mol. The van der Waals surface area contributed by atoms with Crippen LogP contribution in [0.2, 0.25) is 0 Å². The van der Waals surface area contributed by atoms with Crippen LogP contribution in [-0.2, 0) is 4.79 Å². The number of aromatic carboxylic acids is 1. The van der Waals surface area contributed by atoms with E-state index in [1.54, 1.807) is 19.1 Å². The Morgan fingerprint density at radius 1 is 1.19 bits per heavy atom. The molecule has 0 fully saturated rings. The molecule has 0 saturated heterocycles. The first-order valence-electron chi connectivity index (χ1n) is 7.44. The lowest BCUT2D eigenvalue weighted by atomic mass is 10.0. The lowest BCUT2D eigenvalue weighted by molar-refractivity contribution is -0.122. The summed E-state index contributed by atoms with van der Waals surface area (Å²) in [5.74, 6) is -0.591. The largest absolute Gasteiger partial charge is 0.478 e. The third-order valence-corrected chi connectivity index (χ3v) is 2.95. The van der Waals surface area contributed by atoms with Crippen LogP contribution >= 0.6 is 0 Å². The Morgan fingerprint density at radius 3 is 2.19 bits per heavy atom. The molecule has 0 saturated carbocycles. The number of hydrogen-bond acceptors (Lipinski definition) is 2. The number of aryl methyl sites for hydroxylation is 1. The molecule has 0 spiro atoms. The molecule has 0 aliphatic rings. The predicted octanol–water partition coefficient (Wildman–Crippen LogP) is 3.94. The van der Waals surface area contributed by atoms with Crippen molar-refractivity contribution in [3.05, 3.63) is 34.9 Å². The molecule has 4 heteroatoms. The van der Waals surface area contributed by atoms with Gasteiger partial charge in [-0.2, -0.15) is 0 Å². The topological polar surface area (TPSA) is 66.4 Å². The third-order valence-electron chi connectivity index (χ3n) is 2.95. The zero-order valence-electron chi connectivity index (χ0n) is 13.9.